The molecule has 0 saturated carbocycles. The number of ether oxygens (including phenoxy) is 2. The number of amides is 1. The minimum absolute atomic E-state index is 0.00653. The van der Waals surface area contributed by atoms with Gasteiger partial charge in [0.25, 0.3) is 5.91 Å². The number of thiazole rings is 1. The highest BCUT2D eigenvalue weighted by Gasteiger charge is 2.12. The predicted octanol–water partition coefficient (Wildman–Crippen LogP) is 3.02. The van der Waals surface area contributed by atoms with Gasteiger partial charge < -0.3 is 14.0 Å². The fraction of sp³-hybridized carbons (Fsp3) is 0.211. The van der Waals surface area contributed by atoms with Crippen LogP contribution >= 0.6 is 11.3 Å². The molecule has 7 heteroatoms. The maximum atomic E-state index is 12.5. The molecule has 6 nitrogen and oxygen atoms in total. The molecule has 0 aliphatic heterocycles. The van der Waals surface area contributed by atoms with Crippen LogP contribution in [0.5, 0.6) is 5.75 Å². The summed E-state index contributed by atoms with van der Waals surface area (Å²) in [7, 11) is 1.57. The average Bonchev–Trinajstić information content (AvgIpc) is 2.99. The van der Waals surface area contributed by atoms with E-state index in [4.69, 9.17) is 9.47 Å². The van der Waals surface area contributed by atoms with Crippen molar-refractivity contribution in [3.05, 3.63) is 58.9 Å². The molecular weight excluding hydrogens is 352 g/mol. The lowest BCUT2D eigenvalue weighted by Gasteiger charge is -2.05. The van der Waals surface area contributed by atoms with Crippen LogP contribution in [-0.2, 0) is 16.1 Å². The second kappa shape index (κ2) is 7.97. The van der Waals surface area contributed by atoms with Gasteiger partial charge in [-0.15, -0.1) is 0 Å². The normalized spacial score (nSPS) is 11.5. The van der Waals surface area contributed by atoms with E-state index in [-0.39, 0.29) is 18.4 Å². The van der Waals surface area contributed by atoms with Crippen molar-refractivity contribution in [2.75, 3.05) is 13.7 Å². The largest absolute Gasteiger partial charge is 0.497 e. The van der Waals surface area contributed by atoms with E-state index in [9.17, 15) is 9.59 Å². The van der Waals surface area contributed by atoms with Crippen molar-refractivity contribution in [1.29, 1.82) is 0 Å². The molecule has 26 heavy (non-hydrogen) atoms. The van der Waals surface area contributed by atoms with Gasteiger partial charge >= 0.3 is 5.97 Å². The van der Waals surface area contributed by atoms with E-state index >= 15 is 0 Å². The number of carbonyl (C=O) groups excluding carboxylic acids is 2. The highest BCUT2D eigenvalue weighted by Crippen LogP contribution is 2.17. The van der Waals surface area contributed by atoms with Gasteiger partial charge in [-0.1, -0.05) is 23.5 Å². The van der Waals surface area contributed by atoms with Gasteiger partial charge in [0.2, 0.25) is 0 Å². The molecule has 2 aromatic carbocycles. The fourth-order valence-corrected chi connectivity index (χ4v) is 3.51. The molecule has 1 amide bonds. The molecule has 0 unspecified atom stereocenters. The van der Waals surface area contributed by atoms with E-state index in [1.165, 1.54) is 11.3 Å². The van der Waals surface area contributed by atoms with Gasteiger partial charge in [0.15, 0.2) is 4.80 Å². The first-order chi connectivity index (χ1) is 12.6. The molecule has 0 aliphatic rings. The number of fused-ring (bicyclic) bond motifs is 1. The van der Waals surface area contributed by atoms with E-state index < -0.39 is 0 Å². The number of para-hydroxylation sites is 1. The minimum Gasteiger partial charge on any atom is -0.497 e. The lowest BCUT2D eigenvalue weighted by Crippen LogP contribution is -2.23. The van der Waals surface area contributed by atoms with Crippen molar-refractivity contribution in [2.24, 2.45) is 4.99 Å². The van der Waals surface area contributed by atoms with E-state index in [0.29, 0.717) is 22.7 Å². The predicted molar refractivity (Wildman–Crippen MR) is 99.3 cm³/mol. The molecule has 3 aromatic rings. The average molecular weight is 370 g/mol. The number of hydrogen-bond donors (Lipinski definition) is 0. The molecule has 0 bridgehead atoms. The van der Waals surface area contributed by atoms with Gasteiger partial charge in [0.1, 0.15) is 12.3 Å². The van der Waals surface area contributed by atoms with E-state index in [1.54, 1.807) is 42.9 Å². The monoisotopic (exact) mass is 370 g/mol. The molecule has 0 atom stereocenters. The molecule has 0 fully saturated rings. The van der Waals surface area contributed by atoms with Crippen LogP contribution in [0.2, 0.25) is 0 Å². The molecule has 134 valence electrons. The molecule has 0 spiro atoms. The zero-order valence-electron chi connectivity index (χ0n) is 14.5. The Balaban J connectivity index is 2.03. The van der Waals surface area contributed by atoms with Gasteiger partial charge in [-0.25, -0.2) is 0 Å². The van der Waals surface area contributed by atoms with Crippen LogP contribution in [0.3, 0.4) is 0 Å². The SMILES string of the molecule is CCOC(=O)Cn1c(=NC(=O)c2ccc(OC)cc2)sc2ccccc21. The Morgan fingerprint density at radius 2 is 1.85 bits per heavy atom. The van der Waals surface area contributed by atoms with Crippen molar-refractivity contribution in [1.82, 2.24) is 4.57 Å². The number of rotatable bonds is 5. The summed E-state index contributed by atoms with van der Waals surface area (Å²) in [6, 6.07) is 14.3. The maximum Gasteiger partial charge on any atom is 0.326 e. The zero-order valence-corrected chi connectivity index (χ0v) is 15.3. The van der Waals surface area contributed by atoms with Crippen molar-refractivity contribution < 1.29 is 19.1 Å². The summed E-state index contributed by atoms with van der Waals surface area (Å²) >= 11 is 1.36. The maximum absolute atomic E-state index is 12.5. The molecule has 0 saturated heterocycles. The summed E-state index contributed by atoms with van der Waals surface area (Å²) in [6.45, 7) is 2.07. The molecular formula is C19H18N2O4S. The third-order valence-corrected chi connectivity index (χ3v) is 4.77. The Bertz CT molecular complexity index is 1000. The number of benzene rings is 2. The lowest BCUT2D eigenvalue weighted by atomic mass is 10.2. The van der Waals surface area contributed by atoms with Gasteiger partial charge in [0.05, 0.1) is 23.9 Å². The van der Waals surface area contributed by atoms with Crippen LogP contribution in [-0.4, -0.2) is 30.2 Å². The first-order valence-electron chi connectivity index (χ1n) is 8.09. The van der Waals surface area contributed by atoms with Crippen LogP contribution in [0, 0.1) is 0 Å². The van der Waals surface area contributed by atoms with E-state index in [2.05, 4.69) is 4.99 Å². The summed E-state index contributed by atoms with van der Waals surface area (Å²) in [5, 5.41) is 0. The number of esters is 1. The number of carbonyl (C=O) groups is 2. The third kappa shape index (κ3) is 3.83. The molecule has 1 heterocycles. The van der Waals surface area contributed by atoms with Crippen LogP contribution in [0.1, 0.15) is 17.3 Å². The number of nitrogens with zero attached hydrogens (tertiary/aromatic N) is 2. The number of aromatic nitrogens is 1. The Morgan fingerprint density at radius 1 is 1.12 bits per heavy atom. The highest BCUT2D eigenvalue weighted by molar-refractivity contribution is 7.16. The standard InChI is InChI=1S/C19H18N2O4S/c1-3-25-17(22)12-21-15-6-4-5-7-16(15)26-19(21)20-18(23)13-8-10-14(24-2)11-9-13/h4-11H,3,12H2,1-2H3. The van der Waals surface area contributed by atoms with Crippen molar-refractivity contribution in [2.45, 2.75) is 13.5 Å². The first kappa shape index (κ1) is 17.9. The van der Waals surface area contributed by atoms with E-state index in [0.717, 1.165) is 10.2 Å². The summed E-state index contributed by atoms with van der Waals surface area (Å²) in [5.41, 5.74) is 1.29. The Labute approximate surface area is 154 Å². The highest BCUT2D eigenvalue weighted by atomic mass is 32.1. The first-order valence-corrected chi connectivity index (χ1v) is 8.91. The Hall–Kier alpha value is -2.93. The Morgan fingerprint density at radius 3 is 2.54 bits per heavy atom. The number of hydrogen-bond acceptors (Lipinski definition) is 5. The van der Waals surface area contributed by atoms with Crippen molar-refractivity contribution >= 4 is 33.4 Å². The lowest BCUT2D eigenvalue weighted by molar-refractivity contribution is -0.143. The second-order valence-electron chi connectivity index (χ2n) is 5.39. The van der Waals surface area contributed by atoms with Gasteiger partial charge in [0, 0.05) is 5.56 Å². The van der Waals surface area contributed by atoms with Crippen LogP contribution in [0.25, 0.3) is 10.2 Å². The number of methoxy groups -OCH3 is 1. The smallest absolute Gasteiger partial charge is 0.326 e. The van der Waals surface area contributed by atoms with Gasteiger partial charge in [-0.2, -0.15) is 4.99 Å². The van der Waals surface area contributed by atoms with Crippen molar-refractivity contribution in [3.63, 3.8) is 0 Å². The molecule has 0 aliphatic carbocycles. The quantitative estimate of drug-likeness (QED) is 0.648. The topological polar surface area (TPSA) is 69.9 Å². The Kier molecular flexibility index (Phi) is 5.48. The second-order valence-corrected chi connectivity index (χ2v) is 6.40. The summed E-state index contributed by atoms with van der Waals surface area (Å²) < 4.78 is 12.8. The van der Waals surface area contributed by atoms with Crippen molar-refractivity contribution in [3.8, 4) is 5.75 Å². The molecule has 0 N–H and O–H groups in total. The molecule has 0 radical (unpaired) electrons. The van der Waals surface area contributed by atoms with E-state index in [1.807, 2.05) is 24.3 Å². The van der Waals surface area contributed by atoms with Gasteiger partial charge in [-0.05, 0) is 43.3 Å². The zero-order chi connectivity index (χ0) is 18.5. The summed E-state index contributed by atoms with van der Waals surface area (Å²) in [4.78, 5) is 29.2. The summed E-state index contributed by atoms with van der Waals surface area (Å²) in [5.74, 6) is -0.0768. The summed E-state index contributed by atoms with van der Waals surface area (Å²) in [6.07, 6.45) is 0. The fourth-order valence-electron chi connectivity index (χ4n) is 2.48. The van der Waals surface area contributed by atoms with Gasteiger partial charge in [-0.3, -0.25) is 9.59 Å². The van der Waals surface area contributed by atoms with Crippen LogP contribution < -0.4 is 9.54 Å². The third-order valence-electron chi connectivity index (χ3n) is 3.71. The molecule has 3 rings (SSSR count). The van der Waals surface area contributed by atoms with Crippen LogP contribution in [0.4, 0.5) is 0 Å². The minimum atomic E-state index is -0.378. The molecule has 1 aromatic heterocycles. The van der Waals surface area contributed by atoms with Crippen LogP contribution in [0.15, 0.2) is 53.5 Å².